The molecular formula is C21H22F3N7O. The zero-order valence-electron chi connectivity index (χ0n) is 17.5. The number of halogens is 3. The largest absolute Gasteiger partial charge is 0.417 e. The van der Waals surface area contributed by atoms with Crippen LogP contribution in [0.2, 0.25) is 0 Å². The lowest BCUT2D eigenvalue weighted by atomic mass is 9.96. The van der Waals surface area contributed by atoms with Crippen molar-refractivity contribution in [3.8, 4) is 5.82 Å². The fraction of sp³-hybridized carbons (Fsp3) is 0.381. The predicted molar refractivity (Wildman–Crippen MR) is 110 cm³/mol. The molecule has 2 unspecified atom stereocenters. The Morgan fingerprint density at radius 1 is 1.22 bits per heavy atom. The predicted octanol–water partition coefficient (Wildman–Crippen LogP) is 3.49. The standard InChI is InChI=1S/C21H22F3N7O/c1-13-5-7-16(19(27-13)31-11-9-26-29-31)20(32)30-10-3-4-17(14(30)2)28-18-8-6-15(12-25-18)21(22,23)24/h5-9,11-12,14,17H,3-4,10H2,1-2H3,(H,25,28). The number of aryl methyl sites for hydroxylation is 1. The van der Waals surface area contributed by atoms with Crippen LogP contribution in [0.3, 0.4) is 0 Å². The lowest BCUT2D eigenvalue weighted by molar-refractivity contribution is -0.137. The smallest absolute Gasteiger partial charge is 0.365 e. The molecule has 1 amide bonds. The van der Waals surface area contributed by atoms with Gasteiger partial charge in [-0.3, -0.25) is 4.79 Å². The number of anilines is 1. The van der Waals surface area contributed by atoms with E-state index in [4.69, 9.17) is 0 Å². The Balaban J connectivity index is 1.54. The second-order valence-electron chi connectivity index (χ2n) is 7.73. The van der Waals surface area contributed by atoms with Gasteiger partial charge in [0, 0.05) is 30.5 Å². The second kappa shape index (κ2) is 8.56. The molecule has 1 N–H and O–H groups in total. The molecule has 3 aromatic heterocycles. The summed E-state index contributed by atoms with van der Waals surface area (Å²) >= 11 is 0. The van der Waals surface area contributed by atoms with Crippen LogP contribution in [0.4, 0.5) is 19.0 Å². The topological polar surface area (TPSA) is 88.8 Å². The first-order valence-electron chi connectivity index (χ1n) is 10.2. The van der Waals surface area contributed by atoms with Gasteiger partial charge in [-0.05, 0) is 51.0 Å². The number of aromatic nitrogens is 5. The number of nitrogens with one attached hydrogen (secondary N) is 1. The Kier molecular flexibility index (Phi) is 5.81. The maximum Gasteiger partial charge on any atom is 0.417 e. The molecule has 32 heavy (non-hydrogen) atoms. The number of alkyl halides is 3. The lowest BCUT2D eigenvalue weighted by Crippen LogP contribution is -2.52. The molecular weight excluding hydrogens is 423 g/mol. The van der Waals surface area contributed by atoms with Crippen molar-refractivity contribution in [3.05, 3.63) is 59.7 Å². The molecule has 168 valence electrons. The normalized spacial score (nSPS) is 19.1. The minimum absolute atomic E-state index is 0.162. The van der Waals surface area contributed by atoms with E-state index in [0.29, 0.717) is 23.7 Å². The van der Waals surface area contributed by atoms with Gasteiger partial charge in [0.1, 0.15) is 5.82 Å². The first-order valence-corrected chi connectivity index (χ1v) is 10.2. The highest BCUT2D eigenvalue weighted by molar-refractivity contribution is 5.97. The van der Waals surface area contributed by atoms with E-state index in [1.165, 1.54) is 16.9 Å². The molecule has 1 saturated heterocycles. The Hall–Kier alpha value is -3.50. The number of pyridine rings is 2. The Labute approximate surface area is 182 Å². The van der Waals surface area contributed by atoms with Gasteiger partial charge in [-0.25, -0.2) is 14.6 Å². The van der Waals surface area contributed by atoms with E-state index < -0.39 is 11.7 Å². The molecule has 0 bridgehead atoms. The van der Waals surface area contributed by atoms with Gasteiger partial charge in [-0.15, -0.1) is 5.10 Å². The summed E-state index contributed by atoms with van der Waals surface area (Å²) in [6.07, 6.45) is 1.01. The summed E-state index contributed by atoms with van der Waals surface area (Å²) in [6.45, 7) is 4.30. The monoisotopic (exact) mass is 445 g/mol. The third-order valence-corrected chi connectivity index (χ3v) is 5.56. The summed E-state index contributed by atoms with van der Waals surface area (Å²) in [7, 11) is 0. The van der Waals surface area contributed by atoms with Gasteiger partial charge in [0.25, 0.3) is 5.91 Å². The summed E-state index contributed by atoms with van der Waals surface area (Å²) < 4.78 is 39.8. The van der Waals surface area contributed by atoms with Crippen LogP contribution < -0.4 is 5.32 Å². The van der Waals surface area contributed by atoms with Crippen molar-refractivity contribution < 1.29 is 18.0 Å². The number of rotatable bonds is 4. The molecule has 0 spiro atoms. The highest BCUT2D eigenvalue weighted by atomic mass is 19.4. The molecule has 4 rings (SSSR count). The van der Waals surface area contributed by atoms with Crippen molar-refractivity contribution in [1.29, 1.82) is 0 Å². The highest BCUT2D eigenvalue weighted by Gasteiger charge is 2.34. The van der Waals surface area contributed by atoms with Crippen LogP contribution in [0.15, 0.2) is 42.9 Å². The molecule has 2 atom stereocenters. The Morgan fingerprint density at radius 2 is 2.03 bits per heavy atom. The molecule has 4 heterocycles. The first kappa shape index (κ1) is 21.7. The van der Waals surface area contributed by atoms with Gasteiger partial charge < -0.3 is 10.2 Å². The average Bonchev–Trinajstić information content (AvgIpc) is 3.29. The number of hydrogen-bond acceptors (Lipinski definition) is 6. The molecule has 0 radical (unpaired) electrons. The molecule has 8 nitrogen and oxygen atoms in total. The molecule has 0 saturated carbocycles. The number of piperidine rings is 1. The van der Waals surface area contributed by atoms with Crippen LogP contribution in [0, 0.1) is 6.92 Å². The third kappa shape index (κ3) is 4.41. The fourth-order valence-corrected chi connectivity index (χ4v) is 3.82. The summed E-state index contributed by atoms with van der Waals surface area (Å²) in [5, 5.41) is 10.9. The van der Waals surface area contributed by atoms with Crippen LogP contribution >= 0.6 is 0 Å². The van der Waals surface area contributed by atoms with Gasteiger partial charge >= 0.3 is 6.18 Å². The van der Waals surface area contributed by atoms with Gasteiger partial charge in [-0.1, -0.05) is 5.21 Å². The molecule has 3 aromatic rings. The van der Waals surface area contributed by atoms with E-state index in [-0.39, 0.29) is 18.0 Å². The van der Waals surface area contributed by atoms with Crippen LogP contribution in [-0.4, -0.2) is 54.4 Å². The Bertz CT molecular complexity index is 1080. The molecule has 0 aromatic carbocycles. The molecule has 0 aliphatic carbocycles. The average molecular weight is 445 g/mol. The van der Waals surface area contributed by atoms with Crippen molar-refractivity contribution in [1.82, 2.24) is 29.9 Å². The minimum Gasteiger partial charge on any atom is -0.365 e. The van der Waals surface area contributed by atoms with Crippen LogP contribution in [0.1, 0.15) is 41.4 Å². The maximum atomic E-state index is 13.4. The lowest BCUT2D eigenvalue weighted by Gasteiger charge is -2.40. The van der Waals surface area contributed by atoms with Gasteiger partial charge in [-0.2, -0.15) is 13.2 Å². The fourth-order valence-electron chi connectivity index (χ4n) is 3.82. The van der Waals surface area contributed by atoms with Gasteiger partial charge in [0.15, 0.2) is 5.82 Å². The molecule has 1 aliphatic heterocycles. The Morgan fingerprint density at radius 3 is 2.69 bits per heavy atom. The quantitative estimate of drug-likeness (QED) is 0.662. The van der Waals surface area contributed by atoms with Crippen molar-refractivity contribution >= 4 is 11.7 Å². The number of amides is 1. The van der Waals surface area contributed by atoms with E-state index in [1.807, 2.05) is 13.8 Å². The van der Waals surface area contributed by atoms with Gasteiger partial charge in [0.2, 0.25) is 0 Å². The summed E-state index contributed by atoms with van der Waals surface area (Å²) in [5.74, 6) is 0.547. The van der Waals surface area contributed by atoms with Crippen LogP contribution in [0.5, 0.6) is 0 Å². The van der Waals surface area contributed by atoms with Crippen molar-refractivity contribution in [2.75, 3.05) is 11.9 Å². The number of carbonyl (C=O) groups excluding carboxylic acids is 1. The van der Waals surface area contributed by atoms with E-state index in [2.05, 4.69) is 25.6 Å². The number of carbonyl (C=O) groups is 1. The SMILES string of the molecule is Cc1ccc(C(=O)N2CCCC(Nc3ccc(C(F)(F)F)cn3)C2C)c(-n2ccnn2)n1. The summed E-state index contributed by atoms with van der Waals surface area (Å²) in [4.78, 5) is 23.6. The zero-order chi connectivity index (χ0) is 22.9. The van der Waals surface area contributed by atoms with Crippen LogP contribution in [-0.2, 0) is 6.18 Å². The highest BCUT2D eigenvalue weighted by Crippen LogP contribution is 2.30. The number of likely N-dealkylation sites (tertiary alicyclic amines) is 1. The number of nitrogens with zero attached hydrogens (tertiary/aromatic N) is 6. The van der Waals surface area contributed by atoms with Crippen LogP contribution in [0.25, 0.3) is 5.82 Å². The molecule has 11 heteroatoms. The van der Waals surface area contributed by atoms with Crippen molar-refractivity contribution in [2.24, 2.45) is 0 Å². The maximum absolute atomic E-state index is 13.4. The summed E-state index contributed by atoms with van der Waals surface area (Å²) in [5.41, 5.74) is 0.344. The molecule has 1 fully saturated rings. The minimum atomic E-state index is -4.43. The zero-order valence-corrected chi connectivity index (χ0v) is 17.5. The first-order chi connectivity index (χ1) is 15.2. The number of hydrogen-bond donors (Lipinski definition) is 1. The van der Waals surface area contributed by atoms with E-state index in [1.54, 1.807) is 23.2 Å². The van der Waals surface area contributed by atoms with Gasteiger partial charge in [0.05, 0.1) is 23.5 Å². The van der Waals surface area contributed by atoms with Crippen molar-refractivity contribution in [3.63, 3.8) is 0 Å². The molecule has 1 aliphatic rings. The van der Waals surface area contributed by atoms with E-state index in [0.717, 1.165) is 30.8 Å². The van der Waals surface area contributed by atoms with Crippen molar-refractivity contribution in [2.45, 2.75) is 44.9 Å². The third-order valence-electron chi connectivity index (χ3n) is 5.56. The summed E-state index contributed by atoms with van der Waals surface area (Å²) in [6, 6.07) is 5.42. The van der Waals surface area contributed by atoms with E-state index >= 15 is 0 Å². The van der Waals surface area contributed by atoms with E-state index in [9.17, 15) is 18.0 Å². The second-order valence-corrected chi connectivity index (χ2v) is 7.73.